The molecule has 0 atom stereocenters. The number of carboxylic acid groups (broad SMARTS) is 1. The second-order valence-corrected chi connectivity index (χ2v) is 4.46. The molecule has 3 aromatic rings. The number of nitrogens with zero attached hydrogens (tertiary/aromatic N) is 2. The molecule has 0 saturated carbocycles. The predicted octanol–water partition coefficient (Wildman–Crippen LogP) is 2.98. The van der Waals surface area contributed by atoms with Crippen molar-refractivity contribution in [1.82, 2.24) is 9.97 Å². The molecule has 1 aromatic carbocycles. The van der Waals surface area contributed by atoms with Crippen molar-refractivity contribution in [3.8, 4) is 22.5 Å². The van der Waals surface area contributed by atoms with Gasteiger partial charge in [0.2, 0.25) is 0 Å². The Morgan fingerprint density at radius 2 is 1.79 bits per heavy atom. The summed E-state index contributed by atoms with van der Waals surface area (Å²) in [6, 6.07) is 11.2. The van der Waals surface area contributed by atoms with Gasteiger partial charge in [0.05, 0.1) is 11.4 Å². The lowest BCUT2D eigenvalue weighted by molar-refractivity contribution is 0.0691. The summed E-state index contributed by atoms with van der Waals surface area (Å²) in [6.07, 6.45) is 1.70. The summed E-state index contributed by atoms with van der Waals surface area (Å²) in [4.78, 5) is 19.8. The molecule has 2 heterocycles. The van der Waals surface area contributed by atoms with Gasteiger partial charge in [-0.25, -0.2) is 9.78 Å². The number of pyridine rings is 2. The van der Waals surface area contributed by atoms with Crippen LogP contribution in [0.25, 0.3) is 33.3 Å². The first kappa shape index (κ1) is 10.2. The normalized spacial score (nSPS) is 11.6. The molecule has 1 aliphatic carbocycles. The summed E-state index contributed by atoms with van der Waals surface area (Å²) in [6.45, 7) is 0. The molecule has 0 radical (unpaired) electrons. The van der Waals surface area contributed by atoms with Gasteiger partial charge in [-0.3, -0.25) is 4.98 Å². The minimum atomic E-state index is -1.01. The molecule has 0 bridgehead atoms. The van der Waals surface area contributed by atoms with Gasteiger partial charge in [0.1, 0.15) is 5.69 Å². The van der Waals surface area contributed by atoms with E-state index in [1.54, 1.807) is 12.3 Å². The van der Waals surface area contributed by atoms with Gasteiger partial charge >= 0.3 is 5.97 Å². The van der Waals surface area contributed by atoms with E-state index >= 15 is 0 Å². The summed E-state index contributed by atoms with van der Waals surface area (Å²) < 4.78 is 0. The Morgan fingerprint density at radius 1 is 1.05 bits per heavy atom. The lowest BCUT2D eigenvalue weighted by Crippen LogP contribution is -2.01. The van der Waals surface area contributed by atoms with Crippen molar-refractivity contribution in [1.29, 1.82) is 0 Å². The number of hydrogen-bond acceptors (Lipinski definition) is 3. The maximum Gasteiger partial charge on any atom is 0.354 e. The van der Waals surface area contributed by atoms with Crippen LogP contribution in [0.5, 0.6) is 0 Å². The number of rotatable bonds is 1. The molecule has 90 valence electrons. The van der Waals surface area contributed by atoms with E-state index in [2.05, 4.69) is 9.97 Å². The molecule has 0 saturated heterocycles. The third-order valence-electron chi connectivity index (χ3n) is 3.40. The molecule has 19 heavy (non-hydrogen) atoms. The van der Waals surface area contributed by atoms with Crippen LogP contribution in [0.15, 0.2) is 42.6 Å². The Balaban J connectivity index is 2.21. The van der Waals surface area contributed by atoms with Crippen molar-refractivity contribution in [3.63, 3.8) is 0 Å². The van der Waals surface area contributed by atoms with Crippen LogP contribution in [-0.2, 0) is 0 Å². The first-order valence-corrected chi connectivity index (χ1v) is 5.88. The van der Waals surface area contributed by atoms with Crippen LogP contribution in [0.4, 0.5) is 0 Å². The molecule has 0 spiro atoms. The van der Waals surface area contributed by atoms with Gasteiger partial charge in [-0.2, -0.15) is 0 Å². The highest BCUT2D eigenvalue weighted by molar-refractivity contribution is 6.13. The second-order valence-electron chi connectivity index (χ2n) is 4.46. The van der Waals surface area contributed by atoms with Crippen molar-refractivity contribution in [3.05, 3.63) is 48.3 Å². The van der Waals surface area contributed by atoms with Crippen LogP contribution >= 0.6 is 0 Å². The second kappa shape index (κ2) is 3.38. The zero-order valence-corrected chi connectivity index (χ0v) is 9.79. The number of aromatic nitrogens is 2. The highest BCUT2D eigenvalue weighted by Gasteiger charge is 2.24. The Bertz CT molecular complexity index is 856. The van der Waals surface area contributed by atoms with Gasteiger partial charge in [0, 0.05) is 22.7 Å². The monoisotopic (exact) mass is 248 g/mol. The Labute approximate surface area is 108 Å². The van der Waals surface area contributed by atoms with Crippen LogP contribution in [0.1, 0.15) is 10.5 Å². The fourth-order valence-electron chi connectivity index (χ4n) is 2.61. The lowest BCUT2D eigenvalue weighted by atomic mass is 10.1. The third-order valence-corrected chi connectivity index (χ3v) is 3.40. The predicted molar refractivity (Wildman–Crippen MR) is 70.9 cm³/mol. The smallest absolute Gasteiger partial charge is 0.354 e. The Kier molecular flexibility index (Phi) is 1.82. The summed E-state index contributed by atoms with van der Waals surface area (Å²) in [5.41, 5.74) is 3.62. The molecule has 1 aliphatic rings. The van der Waals surface area contributed by atoms with E-state index in [0.717, 1.165) is 27.6 Å². The minimum Gasteiger partial charge on any atom is -0.477 e. The standard InChI is InChI=1S/C15H8N2O2/c18-15(19)11-7-8-5-6-16-13-9-3-1-2-4-10(9)14(17-11)12(8)13/h1-7H,(H,18,19). The molecule has 2 aromatic heterocycles. The number of carbonyl (C=O) groups is 1. The van der Waals surface area contributed by atoms with Gasteiger partial charge in [-0.15, -0.1) is 0 Å². The largest absolute Gasteiger partial charge is 0.477 e. The van der Waals surface area contributed by atoms with E-state index in [4.69, 9.17) is 5.11 Å². The zero-order valence-electron chi connectivity index (χ0n) is 9.79. The van der Waals surface area contributed by atoms with Gasteiger partial charge < -0.3 is 5.11 Å². The summed E-state index contributed by atoms with van der Waals surface area (Å²) >= 11 is 0. The van der Waals surface area contributed by atoms with Crippen LogP contribution in [0.2, 0.25) is 0 Å². The van der Waals surface area contributed by atoms with E-state index in [1.165, 1.54) is 0 Å². The van der Waals surface area contributed by atoms with Gasteiger partial charge in [-0.1, -0.05) is 24.3 Å². The van der Waals surface area contributed by atoms with Gasteiger partial charge in [0.25, 0.3) is 0 Å². The van der Waals surface area contributed by atoms with Crippen LogP contribution in [0, 0.1) is 0 Å². The highest BCUT2D eigenvalue weighted by atomic mass is 16.4. The maximum absolute atomic E-state index is 11.2. The first-order valence-electron chi connectivity index (χ1n) is 5.88. The molecule has 4 heteroatoms. The third kappa shape index (κ3) is 1.25. The summed E-state index contributed by atoms with van der Waals surface area (Å²) in [5.74, 6) is -1.01. The molecular formula is C15H8N2O2. The quantitative estimate of drug-likeness (QED) is 0.562. The molecule has 1 N–H and O–H groups in total. The van der Waals surface area contributed by atoms with E-state index in [9.17, 15) is 4.79 Å². The number of benzene rings is 1. The molecule has 0 fully saturated rings. The van der Waals surface area contributed by atoms with E-state index in [-0.39, 0.29) is 5.69 Å². The van der Waals surface area contributed by atoms with Crippen molar-refractivity contribution in [2.45, 2.75) is 0 Å². The van der Waals surface area contributed by atoms with Gasteiger partial charge in [0.15, 0.2) is 0 Å². The molecule has 0 amide bonds. The van der Waals surface area contributed by atoms with Crippen LogP contribution in [-0.4, -0.2) is 21.0 Å². The topological polar surface area (TPSA) is 63.1 Å². The summed E-state index contributed by atoms with van der Waals surface area (Å²) in [7, 11) is 0. The lowest BCUT2D eigenvalue weighted by Gasteiger charge is -2.02. The number of fused-ring (bicyclic) bond motifs is 3. The number of aromatic carboxylic acids is 1. The fraction of sp³-hybridized carbons (Fsp3) is 0. The van der Waals surface area contributed by atoms with Crippen LogP contribution in [0.3, 0.4) is 0 Å². The highest BCUT2D eigenvalue weighted by Crippen LogP contribution is 2.44. The average molecular weight is 248 g/mol. The van der Waals surface area contributed by atoms with Crippen molar-refractivity contribution < 1.29 is 9.90 Å². The SMILES string of the molecule is O=C(O)c1cc2ccnc3c2c(n1)-c1ccccc1-3. The first-order chi connectivity index (χ1) is 9.25. The maximum atomic E-state index is 11.2. The summed E-state index contributed by atoms with van der Waals surface area (Å²) in [5, 5.41) is 11.0. The van der Waals surface area contributed by atoms with E-state index in [0.29, 0.717) is 5.69 Å². The molecular weight excluding hydrogens is 240 g/mol. The number of carboxylic acids is 1. The molecule has 0 unspecified atom stereocenters. The van der Waals surface area contributed by atoms with E-state index in [1.807, 2.05) is 30.3 Å². The van der Waals surface area contributed by atoms with Crippen molar-refractivity contribution in [2.75, 3.05) is 0 Å². The fourth-order valence-corrected chi connectivity index (χ4v) is 2.61. The minimum absolute atomic E-state index is 0.0661. The molecule has 4 rings (SSSR count). The van der Waals surface area contributed by atoms with E-state index < -0.39 is 5.97 Å². The van der Waals surface area contributed by atoms with Crippen LogP contribution < -0.4 is 0 Å². The molecule has 4 nitrogen and oxygen atoms in total. The van der Waals surface area contributed by atoms with Gasteiger partial charge in [-0.05, 0) is 17.5 Å². The number of hydrogen-bond donors (Lipinski definition) is 1. The Hall–Kier alpha value is -2.75. The molecule has 0 aliphatic heterocycles. The van der Waals surface area contributed by atoms with Crippen molar-refractivity contribution >= 4 is 16.7 Å². The average Bonchev–Trinajstić information content (AvgIpc) is 2.76. The van der Waals surface area contributed by atoms with Crippen molar-refractivity contribution in [2.24, 2.45) is 0 Å². The zero-order chi connectivity index (χ0) is 13.0. The Morgan fingerprint density at radius 3 is 2.53 bits per heavy atom.